The molecule has 52 heavy (non-hydrogen) atoms. The van der Waals surface area contributed by atoms with Crippen molar-refractivity contribution in [2.24, 2.45) is 0 Å². The summed E-state index contributed by atoms with van der Waals surface area (Å²) in [6, 6.07) is 0. The Labute approximate surface area is 309 Å². The Hall–Kier alpha value is -1.43. The number of aliphatic hydroxyl groups is 2. The normalized spacial score (nSPS) is 11.8. The molecule has 0 aromatic carbocycles. The van der Waals surface area contributed by atoms with Gasteiger partial charge in [-0.2, -0.15) is 0 Å². The molecular formula is C34H68O18. The van der Waals surface area contributed by atoms with E-state index in [1.54, 1.807) is 0 Å². The molecule has 0 saturated carbocycles. The Kier molecular flexibility index (Phi) is 48.2. The van der Waals surface area contributed by atoms with Gasteiger partial charge >= 0.3 is 5.97 Å². The maximum Gasteiger partial charge on any atom is 0.330 e. The first-order chi connectivity index (χ1) is 25.5. The zero-order chi connectivity index (χ0) is 38.4. The minimum atomic E-state index is -0.935. The van der Waals surface area contributed by atoms with Gasteiger partial charge in [-0.1, -0.05) is 6.58 Å². The van der Waals surface area contributed by atoms with E-state index in [2.05, 4.69) is 6.58 Å². The second-order valence-electron chi connectivity index (χ2n) is 10.1. The highest BCUT2D eigenvalue weighted by Gasteiger charge is 2.02. The molecule has 1 unspecified atom stereocenters. The number of carbonyl (C=O) groups is 1. The quantitative estimate of drug-likeness (QED) is 0.0431. The number of ether oxygens (including phenoxy) is 14. The van der Waals surface area contributed by atoms with Crippen LogP contribution in [-0.4, -0.2) is 213 Å². The van der Waals surface area contributed by atoms with Crippen LogP contribution in [0.25, 0.3) is 0 Å². The Balaban J connectivity index is 0. The number of hydrogen-bond acceptors (Lipinski definition) is 17. The highest BCUT2D eigenvalue weighted by molar-refractivity contribution is 5.84. The van der Waals surface area contributed by atoms with Crippen molar-refractivity contribution in [3.63, 3.8) is 0 Å². The first-order valence-electron chi connectivity index (χ1n) is 17.8. The van der Waals surface area contributed by atoms with Crippen LogP contribution >= 0.6 is 0 Å². The van der Waals surface area contributed by atoms with Crippen molar-refractivity contribution in [1.29, 1.82) is 0 Å². The van der Waals surface area contributed by atoms with E-state index in [-0.39, 0.29) is 18.8 Å². The average molecular weight is 765 g/mol. The zero-order valence-electron chi connectivity index (χ0n) is 31.5. The van der Waals surface area contributed by atoms with Crippen molar-refractivity contribution in [2.45, 2.75) is 20.1 Å². The molecule has 0 saturated heterocycles. The fourth-order valence-electron chi connectivity index (χ4n) is 3.13. The fourth-order valence-corrected chi connectivity index (χ4v) is 3.13. The van der Waals surface area contributed by atoms with E-state index >= 15 is 0 Å². The Morgan fingerprint density at radius 2 is 0.654 bits per heavy atom. The largest absolute Gasteiger partial charge is 0.478 e. The highest BCUT2D eigenvalue weighted by atomic mass is 16.6. The number of carboxylic acids is 1. The van der Waals surface area contributed by atoms with E-state index in [4.69, 9.17) is 76.5 Å². The molecule has 0 spiro atoms. The Morgan fingerprint density at radius 3 is 0.827 bits per heavy atom. The molecule has 0 fully saturated rings. The van der Waals surface area contributed by atoms with Gasteiger partial charge in [0.05, 0.1) is 178 Å². The lowest BCUT2D eigenvalue weighted by molar-refractivity contribution is -0.138. The van der Waals surface area contributed by atoms with Gasteiger partial charge in [0.15, 0.2) is 6.29 Å². The molecule has 0 aromatic heterocycles. The molecule has 0 amide bonds. The molecule has 1 atom stereocenters. The first kappa shape index (κ1) is 52.7. The van der Waals surface area contributed by atoms with Crippen LogP contribution in [0.1, 0.15) is 13.8 Å². The van der Waals surface area contributed by atoms with Crippen LogP contribution in [0.3, 0.4) is 0 Å². The van der Waals surface area contributed by atoms with Crippen molar-refractivity contribution in [2.75, 3.05) is 185 Å². The molecule has 3 N–H and O–H groups in total. The van der Waals surface area contributed by atoms with Crippen molar-refractivity contribution in [3.8, 4) is 0 Å². The lowest BCUT2D eigenvalue weighted by atomic mass is 10.4. The third kappa shape index (κ3) is 50.7. The van der Waals surface area contributed by atoms with Gasteiger partial charge in [0, 0.05) is 12.2 Å². The molecule has 18 heteroatoms. The minimum absolute atomic E-state index is 0.0221. The summed E-state index contributed by atoms with van der Waals surface area (Å²) in [5.74, 6) is -0.935. The van der Waals surface area contributed by atoms with Gasteiger partial charge in [0.1, 0.15) is 0 Å². The van der Waals surface area contributed by atoms with Gasteiger partial charge in [0.2, 0.25) is 0 Å². The number of hydrogen-bond donors (Lipinski definition) is 3. The predicted molar refractivity (Wildman–Crippen MR) is 188 cm³/mol. The van der Waals surface area contributed by atoms with Gasteiger partial charge in [-0.05, 0) is 13.8 Å². The summed E-state index contributed by atoms with van der Waals surface area (Å²) < 4.78 is 74.9. The maximum atomic E-state index is 9.60. The standard InChI is InChI=1S/C30H62O16.C4H6O2/c1-2-46-30(32)29-45-28-27-44-26-25-43-24-23-42-22-21-41-20-19-40-18-17-39-16-15-38-14-13-37-12-11-36-10-9-35-8-7-34-6-5-33-4-3-31;1-3(2)4(5)6/h30-32H,2-29H2,1H3;1H2,2H3,(H,5,6). The molecular weight excluding hydrogens is 696 g/mol. The molecule has 0 aliphatic rings. The van der Waals surface area contributed by atoms with Crippen molar-refractivity contribution < 1.29 is 86.4 Å². The van der Waals surface area contributed by atoms with Crippen molar-refractivity contribution in [1.82, 2.24) is 0 Å². The van der Waals surface area contributed by atoms with Gasteiger partial charge in [-0.3, -0.25) is 0 Å². The van der Waals surface area contributed by atoms with Gasteiger partial charge in [0.25, 0.3) is 0 Å². The molecule has 0 aliphatic carbocycles. The average Bonchev–Trinajstić information content (AvgIpc) is 3.13. The number of rotatable bonds is 43. The van der Waals surface area contributed by atoms with E-state index in [9.17, 15) is 9.90 Å². The highest BCUT2D eigenvalue weighted by Crippen LogP contribution is 1.90. The van der Waals surface area contributed by atoms with Crippen molar-refractivity contribution >= 4 is 5.97 Å². The predicted octanol–water partition coefficient (Wildman–Crippen LogP) is 0.197. The summed E-state index contributed by atoms with van der Waals surface area (Å²) in [5, 5.41) is 25.8. The first-order valence-corrected chi connectivity index (χ1v) is 17.8. The summed E-state index contributed by atoms with van der Waals surface area (Å²) in [6.07, 6.45) is -0.890. The lowest BCUT2D eigenvalue weighted by Gasteiger charge is -2.11. The monoisotopic (exact) mass is 764 g/mol. The second kappa shape index (κ2) is 47.6. The van der Waals surface area contributed by atoms with Crippen LogP contribution in [0.4, 0.5) is 0 Å². The number of aliphatic carboxylic acids is 1. The van der Waals surface area contributed by atoms with Gasteiger partial charge in [-0.25, -0.2) is 4.79 Å². The molecule has 312 valence electrons. The summed E-state index contributed by atoms with van der Waals surface area (Å²) in [5.41, 5.74) is 0.176. The molecule has 0 bridgehead atoms. The fraction of sp³-hybridized carbons (Fsp3) is 0.912. The van der Waals surface area contributed by atoms with E-state index in [1.807, 2.05) is 6.92 Å². The van der Waals surface area contributed by atoms with Crippen LogP contribution < -0.4 is 0 Å². The molecule has 0 aromatic rings. The van der Waals surface area contributed by atoms with Gasteiger partial charge in [-0.15, -0.1) is 0 Å². The smallest absolute Gasteiger partial charge is 0.330 e. The van der Waals surface area contributed by atoms with E-state index in [1.165, 1.54) is 6.92 Å². The minimum Gasteiger partial charge on any atom is -0.478 e. The summed E-state index contributed by atoms with van der Waals surface area (Å²) in [4.78, 5) is 9.60. The van der Waals surface area contributed by atoms with Gasteiger partial charge < -0.3 is 81.6 Å². The van der Waals surface area contributed by atoms with Crippen molar-refractivity contribution in [3.05, 3.63) is 12.2 Å². The topological polar surface area (TPSA) is 207 Å². The molecule has 0 heterocycles. The van der Waals surface area contributed by atoms with E-state index in [0.717, 1.165) is 0 Å². The van der Waals surface area contributed by atoms with Crippen LogP contribution in [0.2, 0.25) is 0 Å². The van der Waals surface area contributed by atoms with Crippen LogP contribution in [0.15, 0.2) is 12.2 Å². The van der Waals surface area contributed by atoms with Crippen LogP contribution in [0, 0.1) is 0 Å². The third-order valence-corrected chi connectivity index (χ3v) is 5.68. The van der Waals surface area contributed by atoms with Crippen LogP contribution in [-0.2, 0) is 71.1 Å². The zero-order valence-corrected chi connectivity index (χ0v) is 31.5. The summed E-state index contributed by atoms with van der Waals surface area (Å²) >= 11 is 0. The molecule has 0 rings (SSSR count). The van der Waals surface area contributed by atoms with Crippen LogP contribution in [0.5, 0.6) is 0 Å². The molecule has 18 nitrogen and oxygen atoms in total. The molecule has 0 radical (unpaired) electrons. The number of aliphatic hydroxyl groups excluding tert-OH is 2. The Bertz CT molecular complexity index is 693. The third-order valence-electron chi connectivity index (χ3n) is 5.68. The SMILES string of the molecule is C=C(C)C(=O)O.CCOC(O)COCCOCCOCCOCCOCCOCCOCCOCCOCCOCCOCCOCCOCCO. The summed E-state index contributed by atoms with van der Waals surface area (Å²) in [7, 11) is 0. The molecule has 0 aliphatic heterocycles. The maximum absolute atomic E-state index is 9.60. The second-order valence-corrected chi connectivity index (χ2v) is 10.1. The van der Waals surface area contributed by atoms with E-state index in [0.29, 0.717) is 172 Å². The summed E-state index contributed by atoms with van der Waals surface area (Å²) in [6.45, 7) is 19.0. The number of carboxylic acid groups (broad SMARTS) is 1. The lowest BCUT2D eigenvalue weighted by Crippen LogP contribution is -2.20. The Morgan fingerprint density at radius 1 is 0.462 bits per heavy atom. The van der Waals surface area contributed by atoms with E-state index < -0.39 is 12.3 Å².